The van der Waals surface area contributed by atoms with Crippen molar-refractivity contribution in [2.24, 2.45) is 11.7 Å². The minimum atomic E-state index is -0.547. The Hall–Kier alpha value is -2.31. The molecule has 0 saturated heterocycles. The van der Waals surface area contributed by atoms with E-state index in [-0.39, 0.29) is 17.8 Å². The first kappa shape index (κ1) is 15.7. The van der Waals surface area contributed by atoms with Crippen LogP contribution < -0.4 is 16.4 Å². The Balaban J connectivity index is 3.13. The summed E-state index contributed by atoms with van der Waals surface area (Å²) < 4.78 is 4.66. The first-order valence-corrected chi connectivity index (χ1v) is 6.22. The van der Waals surface area contributed by atoms with Crippen molar-refractivity contribution in [3.63, 3.8) is 0 Å². The number of carbonyl (C=O) groups is 2. The van der Waals surface area contributed by atoms with Crippen LogP contribution in [0.5, 0.6) is 0 Å². The number of primary amides is 1. The molecule has 0 aliphatic heterocycles. The average molecular weight is 280 g/mol. The number of ether oxygens (including phenoxy) is 1. The lowest BCUT2D eigenvalue weighted by atomic mass is 10.2. The van der Waals surface area contributed by atoms with Crippen molar-refractivity contribution >= 4 is 23.4 Å². The molecule has 1 amide bonds. The van der Waals surface area contributed by atoms with Crippen molar-refractivity contribution in [1.82, 2.24) is 4.98 Å². The molecule has 0 aliphatic carbocycles. The fourth-order valence-corrected chi connectivity index (χ4v) is 1.78. The first-order valence-electron chi connectivity index (χ1n) is 6.22. The fraction of sp³-hybridized carbons (Fsp3) is 0.462. The van der Waals surface area contributed by atoms with Crippen LogP contribution in [0.3, 0.4) is 0 Å². The number of esters is 1. The van der Waals surface area contributed by atoms with E-state index in [9.17, 15) is 9.59 Å². The molecule has 20 heavy (non-hydrogen) atoms. The number of carbonyl (C=O) groups excluding carboxylic acids is 2. The fourth-order valence-electron chi connectivity index (χ4n) is 1.78. The molecule has 1 aromatic heterocycles. The summed E-state index contributed by atoms with van der Waals surface area (Å²) >= 11 is 0. The van der Waals surface area contributed by atoms with Crippen molar-refractivity contribution in [2.75, 3.05) is 30.8 Å². The maximum Gasteiger partial charge on any atom is 0.340 e. The monoisotopic (exact) mass is 280 g/mol. The molecule has 0 aromatic carbocycles. The van der Waals surface area contributed by atoms with Gasteiger partial charge in [0.05, 0.1) is 31.1 Å². The molecule has 0 atom stereocenters. The molecule has 0 radical (unpaired) electrons. The van der Waals surface area contributed by atoms with E-state index < -0.39 is 11.9 Å². The van der Waals surface area contributed by atoms with Crippen LogP contribution in [0.2, 0.25) is 0 Å². The Morgan fingerprint density at radius 2 is 2.10 bits per heavy atom. The normalized spacial score (nSPS) is 10.4. The SMILES string of the molecule is COC(=O)c1cc(N(CC(N)=O)CC(C)C)ncc1N. The van der Waals surface area contributed by atoms with Gasteiger partial charge in [-0.2, -0.15) is 0 Å². The Morgan fingerprint density at radius 1 is 1.45 bits per heavy atom. The molecule has 0 saturated carbocycles. The average Bonchev–Trinajstić information content (AvgIpc) is 2.36. The molecular weight excluding hydrogens is 260 g/mol. The Labute approximate surface area is 117 Å². The number of hydrogen-bond donors (Lipinski definition) is 2. The highest BCUT2D eigenvalue weighted by Crippen LogP contribution is 2.19. The van der Waals surface area contributed by atoms with Gasteiger partial charge in [-0.25, -0.2) is 9.78 Å². The zero-order chi connectivity index (χ0) is 15.3. The molecule has 0 bridgehead atoms. The van der Waals surface area contributed by atoms with Crippen LogP contribution in [0, 0.1) is 5.92 Å². The highest BCUT2D eigenvalue weighted by molar-refractivity contribution is 5.95. The third-order valence-corrected chi connectivity index (χ3v) is 2.58. The Bertz CT molecular complexity index is 502. The van der Waals surface area contributed by atoms with E-state index in [4.69, 9.17) is 11.5 Å². The van der Waals surface area contributed by atoms with Crippen molar-refractivity contribution in [3.8, 4) is 0 Å². The first-order chi connectivity index (χ1) is 9.35. The van der Waals surface area contributed by atoms with E-state index in [1.54, 1.807) is 4.90 Å². The predicted molar refractivity (Wildman–Crippen MR) is 76.2 cm³/mol. The molecule has 0 aliphatic rings. The summed E-state index contributed by atoms with van der Waals surface area (Å²) in [4.78, 5) is 28.6. The molecule has 0 spiro atoms. The van der Waals surface area contributed by atoms with Crippen LogP contribution in [-0.4, -0.2) is 37.1 Å². The number of nitrogens with zero attached hydrogens (tertiary/aromatic N) is 2. The number of nitrogens with two attached hydrogens (primary N) is 2. The van der Waals surface area contributed by atoms with Crippen molar-refractivity contribution in [1.29, 1.82) is 0 Å². The van der Waals surface area contributed by atoms with E-state index >= 15 is 0 Å². The summed E-state index contributed by atoms with van der Waals surface area (Å²) in [5.74, 6) is -0.249. The van der Waals surface area contributed by atoms with Crippen LogP contribution in [0.4, 0.5) is 11.5 Å². The van der Waals surface area contributed by atoms with Crippen LogP contribution in [-0.2, 0) is 9.53 Å². The number of hydrogen-bond acceptors (Lipinski definition) is 6. The van der Waals surface area contributed by atoms with Gasteiger partial charge < -0.3 is 21.1 Å². The summed E-state index contributed by atoms with van der Waals surface area (Å²) in [6, 6.07) is 1.51. The summed E-state index contributed by atoms with van der Waals surface area (Å²) in [7, 11) is 1.27. The van der Waals surface area contributed by atoms with Gasteiger partial charge in [-0.1, -0.05) is 13.8 Å². The number of amides is 1. The van der Waals surface area contributed by atoms with E-state index in [0.29, 0.717) is 18.3 Å². The van der Waals surface area contributed by atoms with Gasteiger partial charge in [0.25, 0.3) is 0 Å². The standard InChI is InChI=1S/C13H20N4O3/c1-8(2)6-17(7-11(15)18)12-4-9(13(19)20-3)10(14)5-16-12/h4-5,8H,6-7,14H2,1-3H3,(H2,15,18). The van der Waals surface area contributed by atoms with E-state index in [1.807, 2.05) is 13.8 Å². The lowest BCUT2D eigenvalue weighted by molar-refractivity contribution is -0.116. The third-order valence-electron chi connectivity index (χ3n) is 2.58. The molecule has 0 fully saturated rings. The Morgan fingerprint density at radius 3 is 2.60 bits per heavy atom. The van der Waals surface area contributed by atoms with Crippen LogP contribution in [0.15, 0.2) is 12.3 Å². The van der Waals surface area contributed by atoms with Gasteiger partial charge >= 0.3 is 5.97 Å². The summed E-state index contributed by atoms with van der Waals surface area (Å²) in [6.07, 6.45) is 1.37. The second-order valence-corrected chi connectivity index (χ2v) is 4.86. The molecule has 0 unspecified atom stereocenters. The summed E-state index contributed by atoms with van der Waals surface area (Å²) in [5.41, 5.74) is 11.4. The topological polar surface area (TPSA) is 112 Å². The molecule has 1 rings (SSSR count). The quantitative estimate of drug-likeness (QED) is 0.729. The van der Waals surface area contributed by atoms with E-state index in [1.165, 1.54) is 19.4 Å². The predicted octanol–water partition coefficient (Wildman–Crippen LogP) is 0.398. The lowest BCUT2D eigenvalue weighted by Crippen LogP contribution is -2.37. The highest BCUT2D eigenvalue weighted by atomic mass is 16.5. The summed E-state index contributed by atoms with van der Waals surface area (Å²) in [6.45, 7) is 4.62. The third kappa shape index (κ3) is 4.11. The lowest BCUT2D eigenvalue weighted by Gasteiger charge is -2.24. The van der Waals surface area contributed by atoms with Crippen molar-refractivity contribution < 1.29 is 14.3 Å². The van der Waals surface area contributed by atoms with Crippen LogP contribution in [0.25, 0.3) is 0 Å². The van der Waals surface area contributed by atoms with Gasteiger partial charge in [-0.3, -0.25) is 4.79 Å². The highest BCUT2D eigenvalue weighted by Gasteiger charge is 2.17. The second kappa shape index (κ2) is 6.74. The maximum atomic E-state index is 11.6. The van der Waals surface area contributed by atoms with Gasteiger partial charge in [0.1, 0.15) is 5.82 Å². The smallest absolute Gasteiger partial charge is 0.340 e. The van der Waals surface area contributed by atoms with Crippen molar-refractivity contribution in [3.05, 3.63) is 17.8 Å². The number of anilines is 2. The molecule has 1 heterocycles. The number of methoxy groups -OCH3 is 1. The molecule has 7 nitrogen and oxygen atoms in total. The van der Waals surface area contributed by atoms with Gasteiger partial charge in [-0.15, -0.1) is 0 Å². The minimum absolute atomic E-state index is 0.0235. The molecule has 1 aromatic rings. The number of pyridine rings is 1. The van der Waals surface area contributed by atoms with Gasteiger partial charge in [-0.05, 0) is 12.0 Å². The Kier molecular flexibility index (Phi) is 5.31. The number of nitrogen functional groups attached to an aromatic ring is 1. The summed E-state index contributed by atoms with van der Waals surface area (Å²) in [5, 5.41) is 0. The largest absolute Gasteiger partial charge is 0.465 e. The zero-order valence-electron chi connectivity index (χ0n) is 11.9. The number of aromatic nitrogens is 1. The zero-order valence-corrected chi connectivity index (χ0v) is 11.9. The van der Waals surface area contributed by atoms with E-state index in [0.717, 1.165) is 0 Å². The van der Waals surface area contributed by atoms with E-state index in [2.05, 4.69) is 9.72 Å². The van der Waals surface area contributed by atoms with Gasteiger partial charge in [0.2, 0.25) is 5.91 Å². The molecular formula is C13H20N4O3. The van der Waals surface area contributed by atoms with Crippen LogP contribution >= 0.6 is 0 Å². The van der Waals surface area contributed by atoms with Gasteiger partial charge in [0, 0.05) is 6.54 Å². The molecule has 7 heteroatoms. The molecule has 110 valence electrons. The maximum absolute atomic E-state index is 11.6. The molecule has 4 N–H and O–H groups in total. The minimum Gasteiger partial charge on any atom is -0.465 e. The number of rotatable bonds is 6. The van der Waals surface area contributed by atoms with Crippen molar-refractivity contribution in [2.45, 2.75) is 13.8 Å². The van der Waals surface area contributed by atoms with Crippen LogP contribution in [0.1, 0.15) is 24.2 Å². The van der Waals surface area contributed by atoms with Gasteiger partial charge in [0.15, 0.2) is 0 Å². The second-order valence-electron chi connectivity index (χ2n) is 4.86.